The normalized spacial score (nSPS) is 11.2. The number of aromatic nitrogens is 2. The van der Waals surface area contributed by atoms with Gasteiger partial charge in [-0.25, -0.2) is 5.43 Å². The SMILES string of the molecule is C/C(=N/NC(=O)c1cc(-c2cccc(OCc3ccccc3)c2)n[nH]1)c1ccc(Cl)cc1. The molecule has 0 aliphatic heterocycles. The molecule has 0 bridgehead atoms. The molecule has 1 amide bonds. The Bertz CT molecular complexity index is 1230. The number of amides is 1. The van der Waals surface area contributed by atoms with Gasteiger partial charge in [-0.3, -0.25) is 9.89 Å². The molecule has 1 heterocycles. The average Bonchev–Trinajstić information content (AvgIpc) is 3.33. The summed E-state index contributed by atoms with van der Waals surface area (Å²) in [5.74, 6) is 0.345. The summed E-state index contributed by atoms with van der Waals surface area (Å²) in [6.45, 7) is 2.28. The zero-order valence-corrected chi connectivity index (χ0v) is 18.1. The summed E-state index contributed by atoms with van der Waals surface area (Å²) in [4.78, 5) is 12.5. The van der Waals surface area contributed by atoms with Crippen LogP contribution in [0.4, 0.5) is 0 Å². The maximum atomic E-state index is 12.5. The van der Waals surface area contributed by atoms with Crippen LogP contribution in [0, 0.1) is 0 Å². The molecular formula is C25H21ClN4O2. The Hall–Kier alpha value is -3.90. The second-order valence-electron chi connectivity index (χ2n) is 7.11. The van der Waals surface area contributed by atoms with Crippen molar-refractivity contribution in [2.24, 2.45) is 5.10 Å². The second kappa shape index (κ2) is 9.94. The van der Waals surface area contributed by atoms with E-state index in [1.54, 1.807) is 18.2 Å². The summed E-state index contributed by atoms with van der Waals surface area (Å²) in [5.41, 5.74) is 6.95. The van der Waals surface area contributed by atoms with E-state index in [0.717, 1.165) is 22.4 Å². The number of H-pyrrole nitrogens is 1. The third-order valence-corrected chi connectivity index (χ3v) is 5.04. The van der Waals surface area contributed by atoms with E-state index in [1.807, 2.05) is 73.7 Å². The van der Waals surface area contributed by atoms with Crippen molar-refractivity contribution in [3.8, 4) is 17.0 Å². The molecule has 3 aromatic carbocycles. The molecule has 0 saturated carbocycles. The number of benzene rings is 3. The smallest absolute Gasteiger partial charge is 0.289 e. The first-order valence-electron chi connectivity index (χ1n) is 10.0. The number of nitrogens with zero attached hydrogens (tertiary/aromatic N) is 2. The number of rotatable bonds is 7. The number of hydrazone groups is 1. The monoisotopic (exact) mass is 444 g/mol. The van der Waals surface area contributed by atoms with Gasteiger partial charge in [0.25, 0.3) is 5.91 Å². The molecule has 0 unspecified atom stereocenters. The van der Waals surface area contributed by atoms with Crippen molar-refractivity contribution in [1.82, 2.24) is 15.6 Å². The van der Waals surface area contributed by atoms with Gasteiger partial charge in [0.1, 0.15) is 18.1 Å². The van der Waals surface area contributed by atoms with Gasteiger partial charge in [-0.2, -0.15) is 10.2 Å². The highest BCUT2D eigenvalue weighted by Gasteiger charge is 2.11. The highest BCUT2D eigenvalue weighted by molar-refractivity contribution is 6.30. The highest BCUT2D eigenvalue weighted by Crippen LogP contribution is 2.23. The number of ether oxygens (including phenoxy) is 1. The molecule has 4 rings (SSSR count). The zero-order chi connectivity index (χ0) is 22.3. The number of carbonyl (C=O) groups excluding carboxylic acids is 1. The van der Waals surface area contributed by atoms with Crippen molar-refractivity contribution in [3.05, 3.63) is 107 Å². The molecule has 4 aromatic rings. The van der Waals surface area contributed by atoms with Gasteiger partial charge in [0.2, 0.25) is 0 Å². The molecule has 32 heavy (non-hydrogen) atoms. The standard InChI is InChI=1S/C25H21ClN4O2/c1-17(19-10-12-21(26)13-11-19)27-30-25(31)24-15-23(28-29-24)20-8-5-9-22(14-20)32-16-18-6-3-2-4-7-18/h2-15H,16H2,1H3,(H,28,29)(H,30,31)/b27-17-. The highest BCUT2D eigenvalue weighted by atomic mass is 35.5. The third kappa shape index (κ3) is 5.42. The summed E-state index contributed by atoms with van der Waals surface area (Å²) >= 11 is 5.90. The van der Waals surface area contributed by atoms with Crippen molar-refractivity contribution in [3.63, 3.8) is 0 Å². The quantitative estimate of drug-likeness (QED) is 0.293. The lowest BCUT2D eigenvalue weighted by molar-refractivity contribution is 0.0950. The first kappa shape index (κ1) is 21.3. The molecule has 0 aliphatic carbocycles. The first-order chi connectivity index (χ1) is 15.6. The molecule has 0 saturated heterocycles. The zero-order valence-electron chi connectivity index (χ0n) is 17.4. The number of carbonyl (C=O) groups is 1. The Morgan fingerprint density at radius 2 is 1.81 bits per heavy atom. The summed E-state index contributed by atoms with van der Waals surface area (Å²) in [7, 11) is 0. The Balaban J connectivity index is 1.41. The summed E-state index contributed by atoms with van der Waals surface area (Å²) < 4.78 is 5.88. The fourth-order valence-corrected chi connectivity index (χ4v) is 3.15. The Morgan fingerprint density at radius 1 is 1.03 bits per heavy atom. The van der Waals surface area contributed by atoms with Gasteiger partial charge in [-0.1, -0.05) is 66.2 Å². The number of nitrogens with one attached hydrogen (secondary N) is 2. The van der Waals surface area contributed by atoms with Gasteiger partial charge in [-0.15, -0.1) is 0 Å². The van der Waals surface area contributed by atoms with E-state index >= 15 is 0 Å². The third-order valence-electron chi connectivity index (χ3n) is 4.79. The van der Waals surface area contributed by atoms with Gasteiger partial charge in [0, 0.05) is 10.6 Å². The minimum absolute atomic E-state index is 0.309. The van der Waals surface area contributed by atoms with E-state index < -0.39 is 0 Å². The lowest BCUT2D eigenvalue weighted by Crippen LogP contribution is -2.19. The van der Waals surface area contributed by atoms with Crippen molar-refractivity contribution < 1.29 is 9.53 Å². The van der Waals surface area contributed by atoms with E-state index in [1.165, 1.54) is 0 Å². The molecule has 0 atom stereocenters. The summed E-state index contributed by atoms with van der Waals surface area (Å²) in [6.07, 6.45) is 0. The molecule has 0 aliphatic rings. The van der Waals surface area contributed by atoms with Crippen LogP contribution in [0.3, 0.4) is 0 Å². The first-order valence-corrected chi connectivity index (χ1v) is 10.4. The van der Waals surface area contributed by atoms with Crippen LogP contribution in [0.1, 0.15) is 28.5 Å². The molecule has 6 nitrogen and oxygen atoms in total. The number of aromatic amines is 1. The van der Waals surface area contributed by atoms with Crippen molar-refractivity contribution >= 4 is 23.2 Å². The Labute approximate surface area is 190 Å². The van der Waals surface area contributed by atoms with Gasteiger partial charge in [-0.05, 0) is 48.4 Å². The van der Waals surface area contributed by atoms with Gasteiger partial charge >= 0.3 is 0 Å². The van der Waals surface area contributed by atoms with E-state index in [2.05, 4.69) is 20.7 Å². The van der Waals surface area contributed by atoms with E-state index in [0.29, 0.717) is 28.7 Å². The maximum absolute atomic E-state index is 12.5. The molecule has 0 radical (unpaired) electrons. The number of halogens is 1. The van der Waals surface area contributed by atoms with Crippen LogP contribution >= 0.6 is 11.6 Å². The Morgan fingerprint density at radius 3 is 2.59 bits per heavy atom. The van der Waals surface area contributed by atoms with E-state index in [9.17, 15) is 4.79 Å². The van der Waals surface area contributed by atoms with Gasteiger partial charge in [0.15, 0.2) is 0 Å². The maximum Gasteiger partial charge on any atom is 0.289 e. The van der Waals surface area contributed by atoms with Crippen LogP contribution in [0.25, 0.3) is 11.3 Å². The molecule has 1 aromatic heterocycles. The summed E-state index contributed by atoms with van der Waals surface area (Å²) in [5, 5.41) is 11.8. The lowest BCUT2D eigenvalue weighted by Gasteiger charge is -2.07. The number of hydrogen-bond donors (Lipinski definition) is 2. The van der Waals surface area contributed by atoms with Crippen molar-refractivity contribution in [2.45, 2.75) is 13.5 Å². The minimum atomic E-state index is -0.381. The predicted octanol–water partition coefficient (Wildman–Crippen LogP) is 5.46. The fraction of sp³-hybridized carbons (Fsp3) is 0.0800. The van der Waals surface area contributed by atoms with Gasteiger partial charge < -0.3 is 4.74 Å². The van der Waals surface area contributed by atoms with Crippen LogP contribution in [-0.2, 0) is 6.61 Å². The topological polar surface area (TPSA) is 79.4 Å². The van der Waals surface area contributed by atoms with Crippen LogP contribution in [0.2, 0.25) is 5.02 Å². The van der Waals surface area contributed by atoms with Crippen LogP contribution < -0.4 is 10.2 Å². The molecule has 7 heteroatoms. The average molecular weight is 445 g/mol. The van der Waals surface area contributed by atoms with Gasteiger partial charge in [0.05, 0.1) is 11.4 Å². The molecule has 2 N–H and O–H groups in total. The van der Waals surface area contributed by atoms with Crippen LogP contribution in [0.5, 0.6) is 5.75 Å². The van der Waals surface area contributed by atoms with E-state index in [-0.39, 0.29) is 5.91 Å². The largest absolute Gasteiger partial charge is 0.489 e. The van der Waals surface area contributed by atoms with Crippen molar-refractivity contribution in [2.75, 3.05) is 0 Å². The van der Waals surface area contributed by atoms with Crippen LogP contribution in [-0.4, -0.2) is 21.8 Å². The van der Waals surface area contributed by atoms with Crippen LogP contribution in [0.15, 0.2) is 90.0 Å². The fourth-order valence-electron chi connectivity index (χ4n) is 3.02. The summed E-state index contributed by atoms with van der Waals surface area (Å²) in [6, 6.07) is 26.5. The molecule has 0 fully saturated rings. The van der Waals surface area contributed by atoms with Crippen molar-refractivity contribution in [1.29, 1.82) is 0 Å². The predicted molar refractivity (Wildman–Crippen MR) is 126 cm³/mol. The second-order valence-corrected chi connectivity index (χ2v) is 7.55. The van der Waals surface area contributed by atoms with E-state index in [4.69, 9.17) is 16.3 Å². The molecular weight excluding hydrogens is 424 g/mol. The Kier molecular flexibility index (Phi) is 6.63. The molecule has 0 spiro atoms. The lowest BCUT2D eigenvalue weighted by atomic mass is 10.1. The molecule has 160 valence electrons. The minimum Gasteiger partial charge on any atom is -0.489 e. The number of hydrogen-bond acceptors (Lipinski definition) is 4.